The van der Waals surface area contributed by atoms with E-state index in [0.717, 1.165) is 18.4 Å². The lowest BCUT2D eigenvalue weighted by Crippen LogP contribution is -2.33. The third kappa shape index (κ3) is 2.71. The number of aromatic nitrogens is 1. The number of nitrogens with zero attached hydrogens (tertiary/aromatic N) is 2. The van der Waals surface area contributed by atoms with E-state index in [1.54, 1.807) is 13.1 Å². The van der Waals surface area contributed by atoms with Crippen LogP contribution in [-0.2, 0) is 0 Å². The lowest BCUT2D eigenvalue weighted by Gasteiger charge is -2.31. The summed E-state index contributed by atoms with van der Waals surface area (Å²) in [5.74, 6) is 0.690. The molecule has 6 heteroatoms. The minimum absolute atomic E-state index is 0.00451. The van der Waals surface area contributed by atoms with Crippen molar-refractivity contribution in [3.8, 4) is 0 Å². The predicted molar refractivity (Wildman–Crippen MR) is 62.8 cm³/mol. The summed E-state index contributed by atoms with van der Waals surface area (Å²) in [5, 5.41) is 23.0. The molecule has 1 aliphatic rings. The average molecular weight is 237 g/mol. The molecule has 17 heavy (non-hydrogen) atoms. The van der Waals surface area contributed by atoms with Gasteiger partial charge in [-0.15, -0.1) is 0 Å². The van der Waals surface area contributed by atoms with Gasteiger partial charge < -0.3 is 10.4 Å². The van der Waals surface area contributed by atoms with Crippen LogP contribution in [0.4, 0.5) is 11.5 Å². The zero-order valence-electron chi connectivity index (χ0n) is 9.59. The first kappa shape index (κ1) is 11.8. The van der Waals surface area contributed by atoms with Crippen molar-refractivity contribution in [1.29, 1.82) is 0 Å². The molecule has 2 rings (SSSR count). The van der Waals surface area contributed by atoms with Gasteiger partial charge >= 0.3 is 5.69 Å². The second-order valence-electron chi connectivity index (χ2n) is 4.51. The van der Waals surface area contributed by atoms with E-state index in [1.165, 1.54) is 6.07 Å². The van der Waals surface area contributed by atoms with Crippen molar-refractivity contribution >= 4 is 11.5 Å². The summed E-state index contributed by atoms with van der Waals surface area (Å²) < 4.78 is 0. The smallest absolute Gasteiger partial charge is 0.311 e. The number of hydrogen-bond donors (Lipinski definition) is 2. The first-order chi connectivity index (χ1) is 8.06. The van der Waals surface area contributed by atoms with Crippen LogP contribution in [0.2, 0.25) is 0 Å². The van der Waals surface area contributed by atoms with E-state index >= 15 is 0 Å². The van der Waals surface area contributed by atoms with Crippen LogP contribution in [0.15, 0.2) is 12.3 Å². The number of aliphatic hydroxyl groups is 1. The molecule has 1 aromatic rings. The highest BCUT2D eigenvalue weighted by Gasteiger charge is 2.27. The SMILES string of the molecule is Cc1cnc(NCC2CC(O)C2)c([N+](=O)[O-])c1. The predicted octanol–water partition coefficient (Wildman–Crippen LogP) is 1.48. The van der Waals surface area contributed by atoms with E-state index in [4.69, 9.17) is 5.11 Å². The lowest BCUT2D eigenvalue weighted by molar-refractivity contribution is -0.384. The average Bonchev–Trinajstić information content (AvgIpc) is 2.24. The Morgan fingerprint density at radius 2 is 2.35 bits per heavy atom. The monoisotopic (exact) mass is 237 g/mol. The molecule has 0 bridgehead atoms. The Morgan fingerprint density at radius 1 is 1.65 bits per heavy atom. The summed E-state index contributed by atoms with van der Waals surface area (Å²) in [6, 6.07) is 1.50. The molecule has 1 aliphatic carbocycles. The molecule has 2 N–H and O–H groups in total. The van der Waals surface area contributed by atoms with Crippen molar-refractivity contribution in [2.24, 2.45) is 5.92 Å². The van der Waals surface area contributed by atoms with Crippen LogP contribution in [0, 0.1) is 23.0 Å². The van der Waals surface area contributed by atoms with Crippen molar-refractivity contribution in [2.45, 2.75) is 25.9 Å². The second-order valence-corrected chi connectivity index (χ2v) is 4.51. The fourth-order valence-corrected chi connectivity index (χ4v) is 1.94. The first-order valence-electron chi connectivity index (χ1n) is 5.59. The minimum Gasteiger partial charge on any atom is -0.393 e. The zero-order valence-corrected chi connectivity index (χ0v) is 9.59. The maximum atomic E-state index is 10.8. The lowest BCUT2D eigenvalue weighted by atomic mass is 9.82. The molecule has 0 saturated heterocycles. The molecular weight excluding hydrogens is 222 g/mol. The van der Waals surface area contributed by atoms with Gasteiger partial charge in [-0.05, 0) is 31.2 Å². The Kier molecular flexibility index (Phi) is 3.23. The van der Waals surface area contributed by atoms with Gasteiger partial charge in [-0.2, -0.15) is 0 Å². The number of aryl methyl sites for hydroxylation is 1. The van der Waals surface area contributed by atoms with Crippen molar-refractivity contribution < 1.29 is 10.0 Å². The quantitative estimate of drug-likeness (QED) is 0.611. The van der Waals surface area contributed by atoms with Gasteiger partial charge in [-0.1, -0.05) is 0 Å². The Labute approximate surface area is 98.8 Å². The van der Waals surface area contributed by atoms with Gasteiger partial charge in [0.1, 0.15) is 0 Å². The molecule has 0 amide bonds. The van der Waals surface area contributed by atoms with Crippen LogP contribution in [0.3, 0.4) is 0 Å². The molecule has 1 saturated carbocycles. The van der Waals surface area contributed by atoms with Crippen LogP contribution >= 0.6 is 0 Å². The number of aliphatic hydroxyl groups excluding tert-OH is 1. The minimum atomic E-state index is -0.433. The third-order valence-corrected chi connectivity index (χ3v) is 2.97. The number of pyridine rings is 1. The van der Waals surface area contributed by atoms with E-state index in [0.29, 0.717) is 18.3 Å². The maximum Gasteiger partial charge on any atom is 0.311 e. The van der Waals surface area contributed by atoms with E-state index in [9.17, 15) is 10.1 Å². The Hall–Kier alpha value is -1.69. The van der Waals surface area contributed by atoms with Gasteiger partial charge in [0.15, 0.2) is 0 Å². The second kappa shape index (κ2) is 4.67. The fourth-order valence-electron chi connectivity index (χ4n) is 1.94. The van der Waals surface area contributed by atoms with Crippen LogP contribution in [0.1, 0.15) is 18.4 Å². The van der Waals surface area contributed by atoms with Gasteiger partial charge in [-0.25, -0.2) is 4.98 Å². The summed E-state index contributed by atoms with van der Waals surface area (Å²) in [6.07, 6.45) is 2.91. The molecule has 0 atom stereocenters. The molecule has 0 radical (unpaired) electrons. The van der Waals surface area contributed by atoms with E-state index in [1.807, 2.05) is 0 Å². The molecule has 6 nitrogen and oxygen atoms in total. The van der Waals surface area contributed by atoms with Gasteiger partial charge in [-0.3, -0.25) is 10.1 Å². The van der Waals surface area contributed by atoms with Crippen LogP contribution in [-0.4, -0.2) is 27.7 Å². The molecule has 0 spiro atoms. The summed E-state index contributed by atoms with van der Waals surface area (Å²) in [6.45, 7) is 2.39. The summed E-state index contributed by atoms with van der Waals surface area (Å²) in [4.78, 5) is 14.4. The number of hydrogen-bond acceptors (Lipinski definition) is 5. The van der Waals surface area contributed by atoms with Gasteiger partial charge in [0.25, 0.3) is 0 Å². The third-order valence-electron chi connectivity index (χ3n) is 2.97. The van der Waals surface area contributed by atoms with Crippen molar-refractivity contribution in [1.82, 2.24) is 4.98 Å². The van der Waals surface area contributed by atoms with Crippen LogP contribution in [0.25, 0.3) is 0 Å². The molecule has 1 fully saturated rings. The van der Waals surface area contributed by atoms with E-state index in [-0.39, 0.29) is 11.8 Å². The highest BCUT2D eigenvalue weighted by Crippen LogP contribution is 2.29. The molecule has 92 valence electrons. The van der Waals surface area contributed by atoms with Crippen molar-refractivity contribution in [3.63, 3.8) is 0 Å². The van der Waals surface area contributed by atoms with Crippen LogP contribution in [0.5, 0.6) is 0 Å². The van der Waals surface area contributed by atoms with Crippen molar-refractivity contribution in [3.05, 3.63) is 27.9 Å². The number of anilines is 1. The molecule has 0 unspecified atom stereocenters. The van der Waals surface area contributed by atoms with Gasteiger partial charge in [0.2, 0.25) is 5.82 Å². The summed E-state index contributed by atoms with van der Waals surface area (Å²) >= 11 is 0. The van der Waals surface area contributed by atoms with Crippen molar-refractivity contribution in [2.75, 3.05) is 11.9 Å². The van der Waals surface area contributed by atoms with Gasteiger partial charge in [0.05, 0.1) is 11.0 Å². The standard InChI is InChI=1S/C11H15N3O3/c1-7-2-10(14(16)17)11(12-5-7)13-6-8-3-9(15)4-8/h2,5,8-9,15H,3-4,6H2,1H3,(H,12,13). The molecule has 1 aromatic heterocycles. The summed E-state index contributed by atoms with van der Waals surface area (Å²) in [7, 11) is 0. The Morgan fingerprint density at radius 3 is 2.94 bits per heavy atom. The molecule has 0 aliphatic heterocycles. The fraction of sp³-hybridized carbons (Fsp3) is 0.545. The maximum absolute atomic E-state index is 10.8. The topological polar surface area (TPSA) is 88.3 Å². The number of nitro groups is 1. The Bertz CT molecular complexity index is 430. The highest BCUT2D eigenvalue weighted by molar-refractivity contribution is 5.56. The van der Waals surface area contributed by atoms with E-state index in [2.05, 4.69) is 10.3 Å². The summed E-state index contributed by atoms with van der Waals surface area (Å²) in [5.41, 5.74) is 0.770. The largest absolute Gasteiger partial charge is 0.393 e. The van der Waals surface area contributed by atoms with Crippen LogP contribution < -0.4 is 5.32 Å². The Balaban J connectivity index is 2.02. The number of rotatable bonds is 4. The normalized spacial score (nSPS) is 22.9. The molecule has 0 aromatic carbocycles. The first-order valence-corrected chi connectivity index (χ1v) is 5.59. The highest BCUT2D eigenvalue weighted by atomic mass is 16.6. The van der Waals surface area contributed by atoms with Gasteiger partial charge in [0, 0.05) is 18.8 Å². The molecule has 1 heterocycles. The van der Waals surface area contributed by atoms with E-state index < -0.39 is 4.92 Å². The molecular formula is C11H15N3O3. The number of nitrogens with one attached hydrogen (secondary N) is 1. The zero-order chi connectivity index (χ0) is 12.4.